The molecule has 1 aliphatic rings. The van der Waals surface area contributed by atoms with Gasteiger partial charge in [0.05, 0.1) is 6.10 Å². The molecule has 1 aromatic carbocycles. The lowest BCUT2D eigenvalue weighted by Gasteiger charge is -2.23. The molecule has 1 saturated heterocycles. The highest BCUT2D eigenvalue weighted by Crippen LogP contribution is 2.27. The van der Waals surface area contributed by atoms with Gasteiger partial charge in [-0.1, -0.05) is 30.3 Å². The third kappa shape index (κ3) is 4.09. The summed E-state index contributed by atoms with van der Waals surface area (Å²) in [5.74, 6) is -0.0233. The van der Waals surface area contributed by atoms with Gasteiger partial charge in [0.2, 0.25) is 5.91 Å². The van der Waals surface area contributed by atoms with Crippen molar-refractivity contribution < 1.29 is 9.90 Å². The summed E-state index contributed by atoms with van der Waals surface area (Å²) in [5, 5.41) is 15.8. The number of carbonyl (C=O) groups is 1. The Hall–Kier alpha value is -1.92. The van der Waals surface area contributed by atoms with Crippen molar-refractivity contribution in [1.82, 2.24) is 10.3 Å². The molecule has 0 spiro atoms. The van der Waals surface area contributed by atoms with Crippen molar-refractivity contribution in [3.63, 3.8) is 0 Å². The maximum absolute atomic E-state index is 12.4. The summed E-state index contributed by atoms with van der Waals surface area (Å²) in [4.78, 5) is 18.8. The van der Waals surface area contributed by atoms with Crippen LogP contribution in [0.4, 0.5) is 5.13 Å². The summed E-state index contributed by atoms with van der Waals surface area (Å²) < 4.78 is 0. The van der Waals surface area contributed by atoms with Crippen LogP contribution in [0.3, 0.4) is 0 Å². The van der Waals surface area contributed by atoms with Gasteiger partial charge in [-0.05, 0) is 18.4 Å². The third-order valence-corrected chi connectivity index (χ3v) is 4.86. The van der Waals surface area contributed by atoms with Gasteiger partial charge in [0.15, 0.2) is 5.13 Å². The van der Waals surface area contributed by atoms with Crippen molar-refractivity contribution in [3.05, 3.63) is 47.5 Å². The normalized spacial score (nSPS) is 18.8. The van der Waals surface area contributed by atoms with Gasteiger partial charge in [-0.3, -0.25) is 4.79 Å². The van der Waals surface area contributed by atoms with Crippen molar-refractivity contribution in [3.8, 4) is 0 Å². The highest BCUT2D eigenvalue weighted by Gasteiger charge is 2.32. The van der Waals surface area contributed by atoms with E-state index in [0.717, 1.165) is 30.1 Å². The van der Waals surface area contributed by atoms with Crippen LogP contribution < -0.4 is 10.2 Å². The molecule has 0 aliphatic carbocycles. The largest absolute Gasteiger partial charge is 0.391 e. The number of aliphatic hydroxyl groups is 1. The van der Waals surface area contributed by atoms with Crippen molar-refractivity contribution in [2.45, 2.75) is 31.4 Å². The zero-order valence-electron chi connectivity index (χ0n) is 12.9. The Balaban J connectivity index is 1.51. The molecule has 122 valence electrons. The first-order chi connectivity index (χ1) is 11.2. The Bertz CT molecular complexity index is 618. The highest BCUT2D eigenvalue weighted by atomic mass is 32.1. The van der Waals surface area contributed by atoms with Crippen molar-refractivity contribution in [1.29, 1.82) is 0 Å². The molecule has 1 aromatic heterocycles. The molecule has 2 aromatic rings. The molecule has 2 heterocycles. The van der Waals surface area contributed by atoms with E-state index < -0.39 is 6.10 Å². The zero-order valence-corrected chi connectivity index (χ0v) is 13.7. The first-order valence-electron chi connectivity index (χ1n) is 7.90. The summed E-state index contributed by atoms with van der Waals surface area (Å²) in [6.45, 7) is 1.13. The fourth-order valence-electron chi connectivity index (χ4n) is 2.92. The summed E-state index contributed by atoms with van der Waals surface area (Å²) in [6, 6.07) is 9.63. The molecule has 1 fully saturated rings. The van der Waals surface area contributed by atoms with Gasteiger partial charge in [-0.15, -0.1) is 11.3 Å². The van der Waals surface area contributed by atoms with E-state index in [1.54, 1.807) is 17.5 Å². The van der Waals surface area contributed by atoms with E-state index in [-0.39, 0.29) is 18.5 Å². The summed E-state index contributed by atoms with van der Waals surface area (Å²) in [5.41, 5.74) is 1.07. The van der Waals surface area contributed by atoms with Gasteiger partial charge >= 0.3 is 0 Å². The van der Waals surface area contributed by atoms with E-state index >= 15 is 0 Å². The highest BCUT2D eigenvalue weighted by molar-refractivity contribution is 7.13. The number of hydrogen-bond donors (Lipinski definition) is 2. The smallest absolute Gasteiger partial charge is 0.242 e. The molecule has 23 heavy (non-hydrogen) atoms. The van der Waals surface area contributed by atoms with E-state index in [1.165, 1.54) is 0 Å². The molecular formula is C17H21N3O2S. The number of nitrogens with one attached hydrogen (secondary N) is 1. The second-order valence-corrected chi connectivity index (χ2v) is 6.63. The first kappa shape index (κ1) is 16.0. The number of nitrogens with zero attached hydrogens (tertiary/aromatic N) is 2. The second-order valence-electron chi connectivity index (χ2n) is 5.75. The van der Waals surface area contributed by atoms with Crippen LogP contribution in [0.1, 0.15) is 18.4 Å². The molecule has 0 radical (unpaired) electrons. The molecule has 2 atom stereocenters. The molecule has 0 saturated carbocycles. The number of anilines is 1. The molecule has 6 heteroatoms. The molecule has 3 rings (SSSR count). The van der Waals surface area contributed by atoms with Crippen LogP contribution >= 0.6 is 11.3 Å². The predicted molar refractivity (Wildman–Crippen MR) is 91.6 cm³/mol. The summed E-state index contributed by atoms with van der Waals surface area (Å²) in [6.07, 6.45) is 3.56. The van der Waals surface area contributed by atoms with Crippen molar-refractivity contribution in [2.75, 3.05) is 18.0 Å². The fourth-order valence-corrected chi connectivity index (χ4v) is 3.64. The number of rotatable bonds is 6. The predicted octanol–water partition coefficient (Wildman–Crippen LogP) is 1.83. The Labute approximate surface area is 140 Å². The quantitative estimate of drug-likeness (QED) is 0.848. The number of amides is 1. The Kier molecular flexibility index (Phi) is 5.25. The molecule has 1 aliphatic heterocycles. The lowest BCUT2D eigenvalue weighted by atomic mass is 10.1. The number of hydrogen-bond acceptors (Lipinski definition) is 5. The van der Waals surface area contributed by atoms with Crippen molar-refractivity contribution >= 4 is 22.4 Å². The lowest BCUT2D eigenvalue weighted by molar-refractivity contribution is -0.122. The molecule has 5 nitrogen and oxygen atoms in total. The molecule has 0 unspecified atom stereocenters. The van der Waals surface area contributed by atoms with Gasteiger partial charge in [-0.25, -0.2) is 4.98 Å². The Morgan fingerprint density at radius 1 is 1.43 bits per heavy atom. The van der Waals surface area contributed by atoms with E-state index in [2.05, 4.69) is 15.2 Å². The van der Waals surface area contributed by atoms with Gasteiger partial charge in [0, 0.05) is 31.1 Å². The minimum Gasteiger partial charge on any atom is -0.391 e. The van der Waals surface area contributed by atoms with E-state index in [9.17, 15) is 9.90 Å². The van der Waals surface area contributed by atoms with Crippen LogP contribution in [-0.2, 0) is 11.2 Å². The standard InChI is InChI=1S/C17H21N3O2S/c21-14(11-13-5-2-1-3-6-13)12-19-16(22)15-7-4-9-20(15)17-18-8-10-23-17/h1-3,5-6,8,10,14-15,21H,4,7,9,11-12H2,(H,19,22)/t14-,15+/m0/s1. The molecule has 1 amide bonds. The summed E-state index contributed by atoms with van der Waals surface area (Å²) in [7, 11) is 0. The number of carbonyl (C=O) groups excluding carboxylic acids is 1. The third-order valence-electron chi connectivity index (χ3n) is 4.05. The van der Waals surface area contributed by atoms with Gasteiger partial charge in [-0.2, -0.15) is 0 Å². The number of aromatic nitrogens is 1. The van der Waals surface area contributed by atoms with Crippen LogP contribution in [0.2, 0.25) is 0 Å². The number of benzene rings is 1. The minimum atomic E-state index is -0.573. The van der Waals surface area contributed by atoms with Crippen LogP contribution in [0.25, 0.3) is 0 Å². The fraction of sp³-hybridized carbons (Fsp3) is 0.412. The van der Waals surface area contributed by atoms with Crippen molar-refractivity contribution in [2.24, 2.45) is 0 Å². The van der Waals surface area contributed by atoms with Crippen LogP contribution in [-0.4, -0.2) is 41.2 Å². The van der Waals surface area contributed by atoms with E-state index in [1.807, 2.05) is 35.7 Å². The molecule has 0 bridgehead atoms. The zero-order chi connectivity index (χ0) is 16.1. The molecule has 2 N–H and O–H groups in total. The number of thiazole rings is 1. The topological polar surface area (TPSA) is 65.5 Å². The SMILES string of the molecule is O=C(NC[C@@H](O)Cc1ccccc1)[C@H]1CCCN1c1nccs1. The average molecular weight is 331 g/mol. The average Bonchev–Trinajstić information content (AvgIpc) is 3.24. The van der Waals surface area contributed by atoms with Crippen LogP contribution in [0.15, 0.2) is 41.9 Å². The maximum atomic E-state index is 12.4. The Morgan fingerprint density at radius 2 is 2.26 bits per heavy atom. The number of aliphatic hydroxyl groups excluding tert-OH is 1. The monoisotopic (exact) mass is 331 g/mol. The second kappa shape index (κ2) is 7.57. The Morgan fingerprint density at radius 3 is 3.00 bits per heavy atom. The summed E-state index contributed by atoms with van der Waals surface area (Å²) >= 11 is 1.55. The maximum Gasteiger partial charge on any atom is 0.242 e. The molecular weight excluding hydrogens is 310 g/mol. The van der Waals surface area contributed by atoms with Crippen LogP contribution in [0.5, 0.6) is 0 Å². The van der Waals surface area contributed by atoms with E-state index in [4.69, 9.17) is 0 Å². The van der Waals surface area contributed by atoms with E-state index in [0.29, 0.717) is 6.42 Å². The van der Waals surface area contributed by atoms with Gasteiger partial charge in [0.1, 0.15) is 6.04 Å². The lowest BCUT2D eigenvalue weighted by Crippen LogP contribution is -2.45. The van der Waals surface area contributed by atoms with Gasteiger partial charge < -0.3 is 15.3 Å². The first-order valence-corrected chi connectivity index (χ1v) is 8.78. The van der Waals surface area contributed by atoms with Crippen LogP contribution in [0, 0.1) is 0 Å². The van der Waals surface area contributed by atoms with Gasteiger partial charge in [0.25, 0.3) is 0 Å². The minimum absolute atomic E-state index is 0.0233.